The molecule has 2 heterocycles. The molecule has 0 unspecified atom stereocenters. The summed E-state index contributed by atoms with van der Waals surface area (Å²) >= 11 is 0. The summed E-state index contributed by atoms with van der Waals surface area (Å²) in [6.45, 7) is 2.01. The predicted molar refractivity (Wildman–Crippen MR) is 96.9 cm³/mol. The molecule has 0 spiro atoms. The molecule has 1 aliphatic rings. The Hall–Kier alpha value is -2.60. The molecule has 0 saturated carbocycles. The zero-order chi connectivity index (χ0) is 18.5. The first kappa shape index (κ1) is 16.8. The number of amides is 1. The minimum Gasteiger partial charge on any atom is -0.404 e. The van der Waals surface area contributed by atoms with Crippen LogP contribution in [0.2, 0.25) is 0 Å². The summed E-state index contributed by atoms with van der Waals surface area (Å²) in [7, 11) is -4.67. The van der Waals surface area contributed by atoms with Crippen LogP contribution in [0.3, 0.4) is 0 Å². The van der Waals surface area contributed by atoms with Crippen LogP contribution in [0.15, 0.2) is 42.5 Å². The number of hydrogen-bond acceptors (Lipinski definition) is 3. The fourth-order valence-corrected chi connectivity index (χ4v) is 3.86. The van der Waals surface area contributed by atoms with Gasteiger partial charge in [0.2, 0.25) is 0 Å². The zero-order valence-electron chi connectivity index (χ0n) is 13.9. The van der Waals surface area contributed by atoms with E-state index in [0.29, 0.717) is 22.2 Å². The van der Waals surface area contributed by atoms with Crippen molar-refractivity contribution >= 4 is 24.6 Å². The highest BCUT2D eigenvalue weighted by Gasteiger charge is 2.29. The standard InChI is InChI=1S/C18H17N2O5P/c1-2-14-11-5-3-4-6-12(11)16-13-9-10(25-26(22,23)24)7-8-15(13)19-17(16)18(21)20-14/h3-9,14,19H,2H2,1H3,(H,20,21)(H2,22,23,24)/t14-/m1/s1. The Morgan fingerprint density at radius 2 is 1.96 bits per heavy atom. The Bertz CT molecular complexity index is 1070. The minimum atomic E-state index is -4.67. The zero-order valence-corrected chi connectivity index (χ0v) is 14.8. The van der Waals surface area contributed by atoms with E-state index in [1.54, 1.807) is 12.1 Å². The maximum absolute atomic E-state index is 12.7. The molecule has 0 radical (unpaired) electrons. The summed E-state index contributed by atoms with van der Waals surface area (Å²) in [4.78, 5) is 34.0. The largest absolute Gasteiger partial charge is 0.524 e. The van der Waals surface area contributed by atoms with Gasteiger partial charge in [0.25, 0.3) is 5.91 Å². The molecule has 1 atom stereocenters. The van der Waals surface area contributed by atoms with Crippen molar-refractivity contribution in [3.05, 3.63) is 53.7 Å². The number of fused-ring (bicyclic) bond motifs is 5. The molecule has 1 amide bonds. The Morgan fingerprint density at radius 3 is 2.69 bits per heavy atom. The van der Waals surface area contributed by atoms with E-state index in [2.05, 4.69) is 10.3 Å². The van der Waals surface area contributed by atoms with Crippen LogP contribution >= 0.6 is 7.82 Å². The normalized spacial score (nSPS) is 16.6. The number of carbonyl (C=O) groups is 1. The van der Waals surface area contributed by atoms with Crippen LogP contribution in [-0.4, -0.2) is 20.7 Å². The topological polar surface area (TPSA) is 112 Å². The highest BCUT2D eigenvalue weighted by atomic mass is 31.2. The van der Waals surface area contributed by atoms with Crippen molar-refractivity contribution in [1.82, 2.24) is 10.3 Å². The molecule has 1 aromatic heterocycles. The number of phosphoric acid groups is 1. The van der Waals surface area contributed by atoms with Crippen molar-refractivity contribution in [2.24, 2.45) is 0 Å². The lowest BCUT2D eigenvalue weighted by Crippen LogP contribution is -2.27. The van der Waals surface area contributed by atoms with Gasteiger partial charge in [0.1, 0.15) is 11.4 Å². The van der Waals surface area contributed by atoms with Crippen molar-refractivity contribution in [3.8, 4) is 16.9 Å². The van der Waals surface area contributed by atoms with Crippen LogP contribution in [0.25, 0.3) is 22.0 Å². The van der Waals surface area contributed by atoms with Crippen LogP contribution in [-0.2, 0) is 4.57 Å². The van der Waals surface area contributed by atoms with Crippen molar-refractivity contribution < 1.29 is 23.7 Å². The van der Waals surface area contributed by atoms with Gasteiger partial charge < -0.3 is 14.8 Å². The number of rotatable bonds is 3. The first-order chi connectivity index (χ1) is 12.4. The van der Waals surface area contributed by atoms with Crippen LogP contribution in [0.4, 0.5) is 0 Å². The monoisotopic (exact) mass is 372 g/mol. The Morgan fingerprint density at radius 1 is 1.19 bits per heavy atom. The Labute approximate surface area is 149 Å². The van der Waals surface area contributed by atoms with Gasteiger partial charge >= 0.3 is 7.82 Å². The predicted octanol–water partition coefficient (Wildman–Crippen LogP) is 3.50. The maximum atomic E-state index is 12.7. The number of hydrogen-bond donors (Lipinski definition) is 4. The SMILES string of the molecule is CC[C@H]1NC(=O)c2[nH]c3ccc(OP(=O)(O)O)cc3c2-c2ccccc21. The first-order valence-corrected chi connectivity index (χ1v) is 9.71. The van der Waals surface area contributed by atoms with Gasteiger partial charge in [0.15, 0.2) is 0 Å². The summed E-state index contributed by atoms with van der Waals surface area (Å²) < 4.78 is 15.9. The fraction of sp³-hybridized carbons (Fsp3) is 0.167. The molecule has 0 bridgehead atoms. The van der Waals surface area contributed by atoms with Crippen LogP contribution in [0, 0.1) is 0 Å². The lowest BCUT2D eigenvalue weighted by molar-refractivity contribution is 0.0933. The van der Waals surface area contributed by atoms with Gasteiger partial charge in [0, 0.05) is 16.5 Å². The quantitative estimate of drug-likeness (QED) is 0.526. The maximum Gasteiger partial charge on any atom is 0.524 e. The molecular formula is C18H17N2O5P. The molecule has 4 rings (SSSR count). The van der Waals surface area contributed by atoms with Crippen LogP contribution in [0.1, 0.15) is 35.4 Å². The second-order valence-electron chi connectivity index (χ2n) is 6.19. The van der Waals surface area contributed by atoms with Gasteiger partial charge in [-0.2, -0.15) is 0 Å². The van der Waals surface area contributed by atoms with Gasteiger partial charge in [-0.15, -0.1) is 0 Å². The van der Waals surface area contributed by atoms with Gasteiger partial charge in [-0.25, -0.2) is 4.57 Å². The molecule has 0 aliphatic carbocycles. The Kier molecular flexibility index (Phi) is 3.88. The molecule has 26 heavy (non-hydrogen) atoms. The summed E-state index contributed by atoms with van der Waals surface area (Å²) in [6, 6.07) is 12.3. The summed E-state index contributed by atoms with van der Waals surface area (Å²) in [5, 5.41) is 3.70. The fourth-order valence-electron chi connectivity index (χ4n) is 3.47. The number of H-pyrrole nitrogens is 1. The molecule has 1 aliphatic heterocycles. The number of benzene rings is 2. The summed E-state index contributed by atoms with van der Waals surface area (Å²) in [6.07, 6.45) is 0.748. The third-order valence-corrected chi connectivity index (χ3v) is 4.99. The molecule has 8 heteroatoms. The average molecular weight is 372 g/mol. The molecule has 0 fully saturated rings. The molecule has 0 saturated heterocycles. The molecule has 4 N–H and O–H groups in total. The van der Waals surface area contributed by atoms with Crippen molar-refractivity contribution in [2.75, 3.05) is 0 Å². The van der Waals surface area contributed by atoms with E-state index in [1.807, 2.05) is 31.2 Å². The highest BCUT2D eigenvalue weighted by molar-refractivity contribution is 7.46. The third kappa shape index (κ3) is 2.80. The number of nitrogens with one attached hydrogen (secondary N) is 2. The molecule has 7 nitrogen and oxygen atoms in total. The smallest absolute Gasteiger partial charge is 0.404 e. The lowest BCUT2D eigenvalue weighted by atomic mass is 9.93. The van der Waals surface area contributed by atoms with Crippen molar-refractivity contribution in [1.29, 1.82) is 0 Å². The van der Waals surface area contributed by atoms with Gasteiger partial charge in [-0.05, 0) is 35.7 Å². The van der Waals surface area contributed by atoms with E-state index in [-0.39, 0.29) is 17.7 Å². The van der Waals surface area contributed by atoms with Crippen molar-refractivity contribution in [3.63, 3.8) is 0 Å². The van der Waals surface area contributed by atoms with E-state index >= 15 is 0 Å². The number of carbonyl (C=O) groups excluding carboxylic acids is 1. The van der Waals surface area contributed by atoms with Gasteiger partial charge in [0.05, 0.1) is 6.04 Å². The van der Waals surface area contributed by atoms with Gasteiger partial charge in [-0.1, -0.05) is 31.2 Å². The van der Waals surface area contributed by atoms with Crippen molar-refractivity contribution in [2.45, 2.75) is 19.4 Å². The lowest BCUT2D eigenvalue weighted by Gasteiger charge is -2.17. The van der Waals surface area contributed by atoms with E-state index in [4.69, 9.17) is 14.3 Å². The van der Waals surface area contributed by atoms with Crippen LogP contribution in [0.5, 0.6) is 5.75 Å². The average Bonchev–Trinajstić information content (AvgIpc) is 2.91. The van der Waals surface area contributed by atoms with E-state index < -0.39 is 7.82 Å². The summed E-state index contributed by atoms with van der Waals surface area (Å²) in [5.74, 6) is -0.168. The molecule has 2 aromatic carbocycles. The van der Waals surface area contributed by atoms with Gasteiger partial charge in [-0.3, -0.25) is 14.6 Å². The second-order valence-corrected chi connectivity index (χ2v) is 7.35. The number of phosphoric ester groups is 1. The highest BCUT2D eigenvalue weighted by Crippen LogP contribution is 2.43. The third-order valence-electron chi connectivity index (χ3n) is 4.54. The summed E-state index contributed by atoms with van der Waals surface area (Å²) in [5.41, 5.74) is 3.74. The number of aromatic amines is 1. The second kappa shape index (κ2) is 5.99. The first-order valence-electron chi connectivity index (χ1n) is 8.18. The Balaban J connectivity index is 1.99. The number of aromatic nitrogens is 1. The molecule has 134 valence electrons. The van der Waals surface area contributed by atoms with E-state index in [9.17, 15) is 9.36 Å². The molecular weight excluding hydrogens is 355 g/mol. The van der Waals surface area contributed by atoms with E-state index in [1.165, 1.54) is 6.07 Å². The minimum absolute atomic E-state index is 0.0433. The molecule has 3 aromatic rings. The van der Waals surface area contributed by atoms with Crippen LogP contribution < -0.4 is 9.84 Å². The van der Waals surface area contributed by atoms with E-state index in [0.717, 1.165) is 17.5 Å².